The number of hydrogen-bond acceptors (Lipinski definition) is 4. The highest BCUT2D eigenvalue weighted by Gasteiger charge is 2.22. The number of pyridine rings is 2. The Morgan fingerprint density at radius 1 is 0.600 bits per heavy atom. The molecule has 0 spiro atoms. The highest BCUT2D eigenvalue weighted by atomic mass is 19.1. The summed E-state index contributed by atoms with van der Waals surface area (Å²) in [6.45, 7) is 2.25. The monoisotopic (exact) mass is 664 g/mol. The second-order valence-electron chi connectivity index (χ2n) is 12.6. The van der Waals surface area contributed by atoms with E-state index < -0.39 is 0 Å². The van der Waals surface area contributed by atoms with Gasteiger partial charge in [0.05, 0.1) is 11.4 Å². The van der Waals surface area contributed by atoms with E-state index in [2.05, 4.69) is 44.0 Å². The molecule has 3 aromatic carbocycles. The van der Waals surface area contributed by atoms with Crippen LogP contribution in [0, 0.1) is 11.6 Å². The maximum atomic E-state index is 13.3. The third kappa shape index (κ3) is 7.26. The van der Waals surface area contributed by atoms with Crippen molar-refractivity contribution >= 4 is 5.69 Å². The molecule has 0 unspecified atom stereocenters. The van der Waals surface area contributed by atoms with E-state index in [0.29, 0.717) is 11.6 Å². The van der Waals surface area contributed by atoms with Gasteiger partial charge in [-0.05, 0) is 111 Å². The summed E-state index contributed by atoms with van der Waals surface area (Å²) in [4.78, 5) is 17.7. The fourth-order valence-corrected chi connectivity index (χ4v) is 6.56. The van der Waals surface area contributed by atoms with E-state index in [9.17, 15) is 8.78 Å². The fraction of sp³-hybridized carbons (Fsp3) is 0.143. The van der Waals surface area contributed by atoms with E-state index in [1.54, 1.807) is 36.9 Å². The average molecular weight is 665 g/mol. The van der Waals surface area contributed by atoms with Gasteiger partial charge in [-0.25, -0.2) is 8.78 Å². The topological polar surface area (TPSA) is 86.6 Å². The Labute approximate surface area is 290 Å². The standard InChI is InChI=1S/C21H22FN3.C21H16FN3/c1-25-12-8-16(9-13-25)20-14-19(15-2-4-18(22)5-3-15)21(24-20)17-6-10-23-11-7-17;22-16-7-5-14(6-8-16)18-13-20(17-3-1-2-4-19(17)23)25-21(18)15-9-11-24-12-10-15/h2-7,10-11,14,16,24H,8-9,12-13H2,1H3;1-13,25H,23H2. The van der Waals surface area contributed by atoms with Crippen LogP contribution in [0.1, 0.15) is 24.5 Å². The number of anilines is 1. The first-order chi connectivity index (χ1) is 24.4. The van der Waals surface area contributed by atoms with Crippen LogP contribution in [0.15, 0.2) is 134 Å². The van der Waals surface area contributed by atoms with Crippen molar-refractivity contribution < 1.29 is 8.78 Å². The molecule has 0 aliphatic carbocycles. The van der Waals surface area contributed by atoms with Crippen LogP contribution < -0.4 is 5.73 Å². The van der Waals surface area contributed by atoms with Gasteiger partial charge >= 0.3 is 0 Å². The predicted octanol–water partition coefficient (Wildman–Crippen LogP) is 9.82. The Morgan fingerprint density at radius 2 is 1.10 bits per heavy atom. The molecule has 0 bridgehead atoms. The molecule has 0 radical (unpaired) electrons. The number of piperidine rings is 1. The number of nitrogens with zero attached hydrogens (tertiary/aromatic N) is 3. The molecule has 8 rings (SSSR count). The van der Waals surface area contributed by atoms with Gasteiger partial charge in [0.2, 0.25) is 0 Å². The van der Waals surface area contributed by atoms with Crippen molar-refractivity contribution in [2.45, 2.75) is 18.8 Å². The zero-order chi connectivity index (χ0) is 34.5. The van der Waals surface area contributed by atoms with Crippen LogP contribution in [0.4, 0.5) is 14.5 Å². The Bertz CT molecular complexity index is 2150. The van der Waals surface area contributed by atoms with Crippen LogP contribution in [0.25, 0.3) is 56.0 Å². The molecule has 1 fully saturated rings. The molecule has 6 nitrogen and oxygen atoms in total. The van der Waals surface area contributed by atoms with E-state index in [1.807, 2.05) is 60.7 Å². The first kappa shape index (κ1) is 32.7. The second-order valence-corrected chi connectivity index (χ2v) is 12.6. The van der Waals surface area contributed by atoms with Gasteiger partial charge in [0.1, 0.15) is 11.6 Å². The predicted molar refractivity (Wildman–Crippen MR) is 198 cm³/mol. The lowest BCUT2D eigenvalue weighted by Crippen LogP contribution is -2.29. The number of benzene rings is 3. The van der Waals surface area contributed by atoms with Crippen LogP contribution in [-0.4, -0.2) is 45.0 Å². The number of para-hydroxylation sites is 1. The number of aromatic amines is 2. The largest absolute Gasteiger partial charge is 0.398 e. The summed E-state index contributed by atoms with van der Waals surface area (Å²) in [5.41, 5.74) is 18.2. The van der Waals surface area contributed by atoms with E-state index in [0.717, 1.165) is 82.0 Å². The van der Waals surface area contributed by atoms with E-state index >= 15 is 0 Å². The van der Waals surface area contributed by atoms with Gasteiger partial charge in [-0.2, -0.15) is 0 Å². The highest BCUT2D eigenvalue weighted by molar-refractivity contribution is 5.88. The minimum Gasteiger partial charge on any atom is -0.398 e. The molecule has 50 heavy (non-hydrogen) atoms. The van der Waals surface area contributed by atoms with E-state index in [4.69, 9.17) is 5.73 Å². The SMILES string of the molecule is CN1CCC(c2cc(-c3ccc(F)cc3)c(-c3ccncc3)[nH]2)CC1.Nc1ccccc1-c1cc(-c2ccc(F)cc2)c(-c2ccncc2)[nH]1. The molecule has 1 aliphatic rings. The van der Waals surface area contributed by atoms with Gasteiger partial charge in [-0.15, -0.1) is 0 Å². The van der Waals surface area contributed by atoms with Gasteiger partial charge in [0.25, 0.3) is 0 Å². The van der Waals surface area contributed by atoms with Crippen molar-refractivity contribution in [3.05, 3.63) is 151 Å². The van der Waals surface area contributed by atoms with E-state index in [1.165, 1.54) is 30.0 Å². The third-order valence-electron chi connectivity index (χ3n) is 9.31. The molecule has 0 amide bonds. The summed E-state index contributed by atoms with van der Waals surface area (Å²) in [5.74, 6) is 0.0866. The smallest absolute Gasteiger partial charge is 0.123 e. The number of nitrogens with one attached hydrogen (secondary N) is 2. The van der Waals surface area contributed by atoms with Gasteiger partial charge in [0.15, 0.2) is 0 Å². The molecular formula is C42H38F2N6. The lowest BCUT2D eigenvalue weighted by Gasteiger charge is -2.28. The first-order valence-corrected chi connectivity index (χ1v) is 16.7. The molecular weight excluding hydrogens is 626 g/mol. The van der Waals surface area contributed by atoms with Gasteiger partial charge in [-0.3, -0.25) is 9.97 Å². The summed E-state index contributed by atoms with van der Waals surface area (Å²) in [6.07, 6.45) is 9.44. The summed E-state index contributed by atoms with van der Waals surface area (Å²) in [6, 6.07) is 33.2. The van der Waals surface area contributed by atoms with Crippen molar-refractivity contribution in [2.24, 2.45) is 0 Å². The van der Waals surface area contributed by atoms with Crippen LogP contribution in [0.3, 0.4) is 0 Å². The first-order valence-electron chi connectivity index (χ1n) is 16.7. The molecule has 0 saturated carbocycles. The molecule has 5 heterocycles. The number of likely N-dealkylation sites (tertiary alicyclic amines) is 1. The average Bonchev–Trinajstić information content (AvgIpc) is 3.80. The number of aromatic nitrogens is 4. The zero-order valence-electron chi connectivity index (χ0n) is 27.8. The number of nitrogen functional groups attached to an aromatic ring is 1. The van der Waals surface area contributed by atoms with Crippen molar-refractivity contribution in [1.29, 1.82) is 0 Å². The highest BCUT2D eigenvalue weighted by Crippen LogP contribution is 2.38. The van der Waals surface area contributed by atoms with Crippen LogP contribution >= 0.6 is 0 Å². The quantitative estimate of drug-likeness (QED) is 0.155. The molecule has 0 atom stereocenters. The molecule has 1 aliphatic heterocycles. The second kappa shape index (κ2) is 14.7. The van der Waals surface area contributed by atoms with Crippen molar-refractivity contribution in [3.63, 3.8) is 0 Å². The van der Waals surface area contributed by atoms with Crippen LogP contribution in [0.5, 0.6) is 0 Å². The number of hydrogen-bond donors (Lipinski definition) is 3. The lowest BCUT2D eigenvalue weighted by molar-refractivity contribution is 0.253. The summed E-state index contributed by atoms with van der Waals surface area (Å²) in [7, 11) is 2.18. The van der Waals surface area contributed by atoms with Crippen LogP contribution in [0.2, 0.25) is 0 Å². The Balaban J connectivity index is 0.000000157. The van der Waals surface area contributed by atoms with E-state index in [-0.39, 0.29) is 11.6 Å². The minimum atomic E-state index is -0.253. The molecule has 8 heteroatoms. The molecule has 4 aromatic heterocycles. The summed E-state index contributed by atoms with van der Waals surface area (Å²) >= 11 is 0. The Kier molecular flexibility index (Phi) is 9.62. The van der Waals surface area contributed by atoms with Gasteiger partial charge in [-0.1, -0.05) is 42.5 Å². The number of halogens is 2. The lowest BCUT2D eigenvalue weighted by atomic mass is 9.93. The van der Waals surface area contributed by atoms with Gasteiger partial charge < -0.3 is 20.6 Å². The fourth-order valence-electron chi connectivity index (χ4n) is 6.56. The number of nitrogens with two attached hydrogens (primary N) is 1. The van der Waals surface area contributed by atoms with Crippen LogP contribution in [-0.2, 0) is 0 Å². The Hall–Kier alpha value is -5.86. The van der Waals surface area contributed by atoms with Crippen molar-refractivity contribution in [2.75, 3.05) is 25.9 Å². The third-order valence-corrected chi connectivity index (χ3v) is 9.31. The normalized spacial score (nSPS) is 13.5. The maximum Gasteiger partial charge on any atom is 0.123 e. The zero-order valence-corrected chi connectivity index (χ0v) is 27.8. The molecule has 4 N–H and O–H groups in total. The molecule has 250 valence electrons. The van der Waals surface area contributed by atoms with Crippen molar-refractivity contribution in [1.82, 2.24) is 24.8 Å². The Morgan fingerprint density at radius 3 is 1.64 bits per heavy atom. The molecule has 1 saturated heterocycles. The minimum absolute atomic E-state index is 0.208. The molecule has 7 aromatic rings. The van der Waals surface area contributed by atoms with Crippen molar-refractivity contribution in [3.8, 4) is 56.0 Å². The number of rotatable bonds is 6. The maximum absolute atomic E-state index is 13.3. The summed E-state index contributed by atoms with van der Waals surface area (Å²) < 4.78 is 26.7. The van der Waals surface area contributed by atoms with Gasteiger partial charge in [0, 0.05) is 75.6 Å². The summed E-state index contributed by atoms with van der Waals surface area (Å²) in [5, 5.41) is 0. The number of H-pyrrole nitrogens is 2.